The maximum absolute atomic E-state index is 6.71. The van der Waals surface area contributed by atoms with E-state index in [1.165, 1.54) is 83.1 Å². The fourth-order valence-corrected chi connectivity index (χ4v) is 9.46. The van der Waals surface area contributed by atoms with E-state index in [-0.39, 0.29) is 6.85 Å². The van der Waals surface area contributed by atoms with Crippen LogP contribution < -0.4 is 15.7 Å². The Morgan fingerprint density at radius 2 is 1.18 bits per heavy atom. The van der Waals surface area contributed by atoms with Crippen LogP contribution in [-0.4, -0.2) is 11.4 Å². The van der Waals surface area contributed by atoms with Crippen LogP contribution in [0.25, 0.3) is 83.2 Å². The van der Waals surface area contributed by atoms with Crippen LogP contribution in [-0.2, 0) is 0 Å². The number of hydrogen-bond acceptors (Lipinski definition) is 2. The Hall–Kier alpha value is -7.04. The lowest BCUT2D eigenvalue weighted by atomic mass is 9.43. The predicted molar refractivity (Wildman–Crippen MR) is 231 cm³/mol. The van der Waals surface area contributed by atoms with Crippen molar-refractivity contribution in [2.45, 2.75) is 6.92 Å². The highest BCUT2D eigenvalue weighted by Crippen LogP contribution is 2.49. The summed E-state index contributed by atoms with van der Waals surface area (Å²) in [4.78, 5) is 2.58. The van der Waals surface area contributed by atoms with Crippen LogP contribution in [0.4, 0.5) is 11.4 Å². The van der Waals surface area contributed by atoms with Gasteiger partial charge in [-0.05, 0) is 82.1 Å². The fourth-order valence-electron chi connectivity index (χ4n) is 9.46. The van der Waals surface area contributed by atoms with E-state index in [1.807, 2.05) is 0 Å². The van der Waals surface area contributed by atoms with Crippen LogP contribution in [0.15, 0.2) is 186 Å². The van der Waals surface area contributed by atoms with Crippen molar-refractivity contribution in [1.82, 2.24) is 4.57 Å². The number of aryl methyl sites for hydroxylation is 1. The van der Waals surface area contributed by atoms with Gasteiger partial charge in [-0.2, -0.15) is 0 Å². The second-order valence-corrected chi connectivity index (χ2v) is 14.9. The van der Waals surface area contributed by atoms with E-state index >= 15 is 0 Å². The number of nitrogens with zero attached hydrogens (tertiary/aromatic N) is 2. The van der Waals surface area contributed by atoms with Crippen molar-refractivity contribution < 1.29 is 4.42 Å². The molecule has 0 fully saturated rings. The van der Waals surface area contributed by atoms with Crippen molar-refractivity contribution in [3.05, 3.63) is 188 Å². The van der Waals surface area contributed by atoms with Gasteiger partial charge in [0.15, 0.2) is 0 Å². The van der Waals surface area contributed by atoms with E-state index in [2.05, 4.69) is 198 Å². The van der Waals surface area contributed by atoms with Gasteiger partial charge in [-0.25, -0.2) is 0 Å². The van der Waals surface area contributed by atoms with Crippen LogP contribution in [0.1, 0.15) is 5.56 Å². The standard InChI is InChI=1S/C51H33BN2O/c1-32-24-26-36(27-25-32)54-45-23-13-10-20-39(45)42-30-41(38-19-9-8-18-37(38)33-14-4-2-5-15-33)49-40-21-11-12-22-44(40)53-46-31-48-35(28-43(46)52(54)50(42)51(49)53)29-47(55-48)34-16-6-3-7-17-34/h2-31H,1H3. The molecule has 4 heteroatoms. The molecule has 2 aromatic heterocycles. The van der Waals surface area contributed by atoms with Crippen LogP contribution in [0.2, 0.25) is 0 Å². The third-order valence-electron chi connectivity index (χ3n) is 11.8. The molecule has 0 radical (unpaired) electrons. The van der Waals surface area contributed by atoms with Crippen molar-refractivity contribution in [1.29, 1.82) is 0 Å². The summed E-state index contributed by atoms with van der Waals surface area (Å²) in [6.45, 7) is 2.08. The monoisotopic (exact) mass is 700 g/mol. The minimum absolute atomic E-state index is 0.0835. The molecule has 0 atom stereocenters. The molecular weight excluding hydrogens is 667 g/mol. The summed E-state index contributed by atoms with van der Waals surface area (Å²) in [6.07, 6.45) is 0. The summed E-state index contributed by atoms with van der Waals surface area (Å²) in [5.74, 6) is 0.878. The van der Waals surface area contributed by atoms with Crippen LogP contribution in [0.5, 0.6) is 0 Å². The highest BCUT2D eigenvalue weighted by Gasteiger charge is 2.44. The van der Waals surface area contributed by atoms with Gasteiger partial charge in [-0.1, -0.05) is 145 Å². The first-order chi connectivity index (χ1) is 27.2. The maximum Gasteiger partial charge on any atom is 0.333 e. The molecular formula is C51H33BN2O. The summed E-state index contributed by atoms with van der Waals surface area (Å²) in [5.41, 5.74) is 19.2. The molecule has 2 aliphatic rings. The van der Waals surface area contributed by atoms with E-state index < -0.39 is 0 Å². The number of furan rings is 1. The predicted octanol–water partition coefficient (Wildman–Crippen LogP) is 12.1. The van der Waals surface area contributed by atoms with Crippen LogP contribution in [0, 0.1) is 6.92 Å². The Kier molecular flexibility index (Phi) is 6.35. The Labute approximate surface area is 319 Å². The Morgan fingerprint density at radius 3 is 1.98 bits per heavy atom. The molecule has 256 valence electrons. The smallest absolute Gasteiger partial charge is 0.333 e. The number of anilines is 2. The van der Waals surface area contributed by atoms with Gasteiger partial charge < -0.3 is 13.8 Å². The Morgan fingerprint density at radius 1 is 0.509 bits per heavy atom. The molecule has 0 aliphatic carbocycles. The largest absolute Gasteiger partial charge is 0.456 e. The van der Waals surface area contributed by atoms with E-state index in [0.29, 0.717) is 0 Å². The van der Waals surface area contributed by atoms with Gasteiger partial charge >= 0.3 is 6.85 Å². The summed E-state index contributed by atoms with van der Waals surface area (Å²) in [6, 6.07) is 66.5. The third kappa shape index (κ3) is 4.34. The molecule has 55 heavy (non-hydrogen) atoms. The van der Waals surface area contributed by atoms with Crippen molar-refractivity contribution in [3.8, 4) is 50.4 Å². The third-order valence-corrected chi connectivity index (χ3v) is 11.8. The Balaban J connectivity index is 1.26. The zero-order valence-electron chi connectivity index (χ0n) is 30.2. The van der Waals surface area contributed by atoms with E-state index in [4.69, 9.17) is 4.42 Å². The first-order valence-corrected chi connectivity index (χ1v) is 19.0. The van der Waals surface area contributed by atoms with Gasteiger partial charge in [0.05, 0.1) is 11.0 Å². The van der Waals surface area contributed by atoms with Crippen molar-refractivity contribution in [3.63, 3.8) is 0 Å². The number of fused-ring (bicyclic) bond motifs is 9. The molecule has 2 aliphatic heterocycles. The molecule has 0 bridgehead atoms. The molecule has 0 amide bonds. The van der Waals surface area contributed by atoms with E-state index in [1.54, 1.807) is 0 Å². The zero-order chi connectivity index (χ0) is 36.2. The normalized spacial score (nSPS) is 12.7. The van der Waals surface area contributed by atoms with Gasteiger partial charge in [-0.3, -0.25) is 0 Å². The minimum atomic E-state index is -0.0835. The number of benzene rings is 8. The molecule has 0 N–H and O–H groups in total. The first kappa shape index (κ1) is 30.4. The van der Waals surface area contributed by atoms with Crippen LogP contribution in [0.3, 0.4) is 0 Å². The second-order valence-electron chi connectivity index (χ2n) is 14.9. The van der Waals surface area contributed by atoms with Gasteiger partial charge in [0.25, 0.3) is 0 Å². The second kappa shape index (κ2) is 11.5. The molecule has 0 unspecified atom stereocenters. The van der Waals surface area contributed by atoms with Gasteiger partial charge in [0, 0.05) is 50.4 Å². The van der Waals surface area contributed by atoms with Crippen LogP contribution >= 0.6 is 0 Å². The summed E-state index contributed by atoms with van der Waals surface area (Å²) in [7, 11) is 0. The van der Waals surface area contributed by atoms with Gasteiger partial charge in [-0.15, -0.1) is 0 Å². The summed E-state index contributed by atoms with van der Waals surface area (Å²) < 4.78 is 9.25. The minimum Gasteiger partial charge on any atom is -0.456 e. The molecule has 0 saturated heterocycles. The molecule has 0 spiro atoms. The maximum atomic E-state index is 6.71. The highest BCUT2D eigenvalue weighted by atomic mass is 16.3. The lowest BCUT2D eigenvalue weighted by Gasteiger charge is -2.42. The number of para-hydroxylation sites is 2. The number of hydrogen-bond donors (Lipinski definition) is 0. The lowest BCUT2D eigenvalue weighted by Crippen LogP contribution is -2.60. The van der Waals surface area contributed by atoms with Gasteiger partial charge in [0.2, 0.25) is 0 Å². The quantitative estimate of drug-likeness (QED) is 0.171. The molecule has 0 saturated carbocycles. The topological polar surface area (TPSA) is 21.3 Å². The number of aromatic nitrogens is 1. The fraction of sp³-hybridized carbons (Fsp3) is 0.0196. The Bertz CT molecular complexity index is 3160. The average Bonchev–Trinajstić information content (AvgIpc) is 3.83. The molecule has 10 aromatic rings. The molecule has 4 heterocycles. The van der Waals surface area contributed by atoms with E-state index in [0.717, 1.165) is 28.0 Å². The van der Waals surface area contributed by atoms with Crippen molar-refractivity contribution in [2.75, 3.05) is 4.81 Å². The zero-order valence-corrected chi connectivity index (χ0v) is 30.2. The average molecular weight is 701 g/mol. The lowest BCUT2D eigenvalue weighted by molar-refractivity contribution is 0.631. The van der Waals surface area contributed by atoms with Gasteiger partial charge in [0.1, 0.15) is 11.3 Å². The molecule has 12 rings (SSSR count). The van der Waals surface area contributed by atoms with Crippen molar-refractivity contribution >= 4 is 61.9 Å². The molecule has 3 nitrogen and oxygen atoms in total. The van der Waals surface area contributed by atoms with E-state index in [9.17, 15) is 0 Å². The van der Waals surface area contributed by atoms with Crippen molar-refractivity contribution in [2.24, 2.45) is 0 Å². The summed E-state index contributed by atoms with van der Waals surface area (Å²) >= 11 is 0. The SMILES string of the molecule is Cc1ccc(N2B3c4cc5cc(-c6ccccc6)oc5cc4-n4c5ccccc5c5c(-c6ccccc6-c6ccccc6)cc(c3c54)-c3ccccc32)cc1. The molecule has 8 aromatic carbocycles. The summed E-state index contributed by atoms with van der Waals surface area (Å²) in [5, 5.41) is 3.63. The first-order valence-electron chi connectivity index (χ1n) is 19.0. The number of rotatable bonds is 4. The highest BCUT2D eigenvalue weighted by molar-refractivity contribution is 6.94.